The van der Waals surface area contributed by atoms with E-state index in [1.165, 1.54) is 35.4 Å². The van der Waals surface area contributed by atoms with E-state index in [-0.39, 0.29) is 18.9 Å². The molecule has 1 heterocycles. The highest BCUT2D eigenvalue weighted by atomic mass is 32.2. The molecule has 6 nitrogen and oxygen atoms in total. The van der Waals surface area contributed by atoms with Crippen molar-refractivity contribution >= 4 is 21.6 Å². The molecule has 1 aliphatic heterocycles. The fourth-order valence-electron chi connectivity index (χ4n) is 4.11. The summed E-state index contributed by atoms with van der Waals surface area (Å²) in [4.78, 5) is 14.9. The molecule has 1 amide bonds. The number of amides is 1. The Balaban J connectivity index is 1.50. The van der Waals surface area contributed by atoms with Crippen LogP contribution < -0.4 is 9.62 Å². The number of likely N-dealkylation sites (tertiary alicyclic amines) is 1. The van der Waals surface area contributed by atoms with Gasteiger partial charge in [0.15, 0.2) is 0 Å². The summed E-state index contributed by atoms with van der Waals surface area (Å²) in [5.41, 5.74) is 4.11. The van der Waals surface area contributed by atoms with Crippen molar-refractivity contribution in [3.63, 3.8) is 0 Å². The minimum Gasteiger partial charge on any atom is -0.352 e. The molecule has 0 unspecified atom stereocenters. The Bertz CT molecular complexity index is 984. The summed E-state index contributed by atoms with van der Waals surface area (Å²) in [7, 11) is -3.41. The lowest BCUT2D eigenvalue weighted by Crippen LogP contribution is -2.32. The Kier molecular flexibility index (Phi) is 8.70. The van der Waals surface area contributed by atoms with Crippen LogP contribution in [0.15, 0.2) is 48.5 Å². The van der Waals surface area contributed by atoms with Gasteiger partial charge < -0.3 is 5.32 Å². The van der Waals surface area contributed by atoms with Crippen LogP contribution in [-0.4, -0.2) is 45.1 Å². The number of nitrogens with one attached hydrogen (secondary N) is 1. The average molecular weight is 458 g/mol. The molecule has 0 atom stereocenters. The molecule has 0 radical (unpaired) electrons. The first-order chi connectivity index (χ1) is 15.3. The van der Waals surface area contributed by atoms with Gasteiger partial charge in [0, 0.05) is 26.1 Å². The van der Waals surface area contributed by atoms with Crippen molar-refractivity contribution < 1.29 is 13.2 Å². The first-order valence-electron chi connectivity index (χ1n) is 11.4. The van der Waals surface area contributed by atoms with Crippen molar-refractivity contribution in [2.45, 2.75) is 52.1 Å². The third-order valence-corrected chi connectivity index (χ3v) is 7.12. The van der Waals surface area contributed by atoms with Gasteiger partial charge in [0.05, 0.1) is 11.9 Å². The Labute approximate surface area is 192 Å². The van der Waals surface area contributed by atoms with E-state index in [1.54, 1.807) is 12.1 Å². The number of carbonyl (C=O) groups excluding carboxylic acids is 1. The van der Waals surface area contributed by atoms with Gasteiger partial charge in [0.1, 0.15) is 0 Å². The Hall–Kier alpha value is -2.38. The van der Waals surface area contributed by atoms with Crippen LogP contribution in [0.4, 0.5) is 5.69 Å². The van der Waals surface area contributed by atoms with E-state index in [0.29, 0.717) is 18.7 Å². The predicted molar refractivity (Wildman–Crippen MR) is 130 cm³/mol. The number of hydrogen-bond donors (Lipinski definition) is 1. The van der Waals surface area contributed by atoms with Crippen LogP contribution in [0.5, 0.6) is 0 Å². The molecule has 1 N–H and O–H groups in total. The zero-order chi connectivity index (χ0) is 23.0. The van der Waals surface area contributed by atoms with Crippen molar-refractivity contribution in [1.82, 2.24) is 10.2 Å². The van der Waals surface area contributed by atoms with Gasteiger partial charge in [-0.15, -0.1) is 0 Å². The monoisotopic (exact) mass is 457 g/mol. The fourth-order valence-corrected chi connectivity index (χ4v) is 5.07. The molecule has 0 aliphatic carbocycles. The lowest BCUT2D eigenvalue weighted by Gasteiger charge is -2.27. The van der Waals surface area contributed by atoms with Crippen LogP contribution >= 0.6 is 0 Å². The maximum atomic E-state index is 12.4. The van der Waals surface area contributed by atoms with E-state index in [4.69, 9.17) is 0 Å². The molecule has 0 saturated carbocycles. The molecule has 2 aromatic rings. The molecule has 0 spiro atoms. The number of hydrogen-bond acceptors (Lipinski definition) is 4. The summed E-state index contributed by atoms with van der Waals surface area (Å²) in [6.07, 6.45) is 5.77. The van der Waals surface area contributed by atoms with Gasteiger partial charge in [0.25, 0.3) is 0 Å². The zero-order valence-electron chi connectivity index (χ0n) is 19.2. The number of anilines is 1. The second kappa shape index (κ2) is 11.5. The van der Waals surface area contributed by atoms with E-state index >= 15 is 0 Å². The highest BCUT2D eigenvalue weighted by molar-refractivity contribution is 7.92. The van der Waals surface area contributed by atoms with Crippen molar-refractivity contribution in [2.75, 3.05) is 30.2 Å². The SMILES string of the molecule is Cc1ccc(N(CCCC(=O)NCc2ccccc2CN2CCCCC2)S(C)(=O)=O)cc1. The Morgan fingerprint density at radius 1 is 1.00 bits per heavy atom. The third-order valence-electron chi connectivity index (χ3n) is 5.92. The minimum absolute atomic E-state index is 0.0601. The van der Waals surface area contributed by atoms with E-state index < -0.39 is 10.0 Å². The number of benzene rings is 2. The maximum Gasteiger partial charge on any atom is 0.232 e. The van der Waals surface area contributed by atoms with Crippen molar-refractivity contribution in [3.05, 3.63) is 65.2 Å². The molecular formula is C25H35N3O3S. The fraction of sp³-hybridized carbons (Fsp3) is 0.480. The molecule has 7 heteroatoms. The third kappa shape index (κ3) is 7.35. The first kappa shape index (κ1) is 24.3. The summed E-state index contributed by atoms with van der Waals surface area (Å²) >= 11 is 0. The summed E-state index contributed by atoms with van der Waals surface area (Å²) in [6.45, 7) is 5.93. The average Bonchev–Trinajstić information content (AvgIpc) is 2.77. The molecule has 32 heavy (non-hydrogen) atoms. The second-order valence-electron chi connectivity index (χ2n) is 8.66. The number of nitrogens with zero attached hydrogens (tertiary/aromatic N) is 2. The smallest absolute Gasteiger partial charge is 0.232 e. The molecule has 1 saturated heterocycles. The van der Waals surface area contributed by atoms with Crippen molar-refractivity contribution in [3.8, 4) is 0 Å². The van der Waals surface area contributed by atoms with Gasteiger partial charge in [-0.25, -0.2) is 8.42 Å². The Morgan fingerprint density at radius 2 is 1.66 bits per heavy atom. The summed E-state index contributed by atoms with van der Waals surface area (Å²) in [5, 5.41) is 3.01. The van der Waals surface area contributed by atoms with Crippen molar-refractivity contribution in [2.24, 2.45) is 0 Å². The van der Waals surface area contributed by atoms with Crippen LogP contribution in [0.2, 0.25) is 0 Å². The van der Waals surface area contributed by atoms with Crippen LogP contribution in [0.25, 0.3) is 0 Å². The standard InChI is InChI=1S/C25H35N3O3S/c1-21-12-14-24(15-13-21)28(32(2,30)31)18-8-11-25(29)26-19-22-9-4-5-10-23(22)20-27-16-6-3-7-17-27/h4-5,9-10,12-15H,3,6-8,11,16-20H2,1-2H3,(H,26,29). The van der Waals surface area contributed by atoms with Crippen molar-refractivity contribution in [1.29, 1.82) is 0 Å². The first-order valence-corrected chi connectivity index (χ1v) is 13.3. The zero-order valence-corrected chi connectivity index (χ0v) is 20.0. The Morgan fingerprint density at radius 3 is 2.31 bits per heavy atom. The van der Waals surface area contributed by atoms with Gasteiger partial charge in [-0.3, -0.25) is 14.0 Å². The lowest BCUT2D eigenvalue weighted by molar-refractivity contribution is -0.121. The van der Waals surface area contributed by atoms with Gasteiger partial charge >= 0.3 is 0 Å². The maximum absolute atomic E-state index is 12.4. The van der Waals surface area contributed by atoms with E-state index in [0.717, 1.165) is 30.8 Å². The molecule has 1 fully saturated rings. The molecule has 0 bridgehead atoms. The lowest BCUT2D eigenvalue weighted by atomic mass is 10.0. The topological polar surface area (TPSA) is 69.7 Å². The molecule has 2 aromatic carbocycles. The minimum atomic E-state index is -3.41. The highest BCUT2D eigenvalue weighted by Gasteiger charge is 2.18. The van der Waals surface area contributed by atoms with E-state index in [2.05, 4.69) is 28.4 Å². The quantitative estimate of drug-likeness (QED) is 0.588. The van der Waals surface area contributed by atoms with Crippen LogP contribution in [0.1, 0.15) is 48.8 Å². The van der Waals surface area contributed by atoms with Crippen LogP contribution in [-0.2, 0) is 27.9 Å². The largest absolute Gasteiger partial charge is 0.352 e. The molecule has 3 rings (SSSR count). The van der Waals surface area contributed by atoms with Gasteiger partial charge in [0.2, 0.25) is 15.9 Å². The number of carbonyl (C=O) groups is 1. The number of aryl methyl sites for hydroxylation is 1. The predicted octanol–water partition coefficient (Wildman–Crippen LogP) is 3.84. The van der Waals surface area contributed by atoms with Crippen LogP contribution in [0.3, 0.4) is 0 Å². The number of sulfonamides is 1. The summed E-state index contributed by atoms with van der Waals surface area (Å²) in [6, 6.07) is 15.7. The highest BCUT2D eigenvalue weighted by Crippen LogP contribution is 2.19. The van der Waals surface area contributed by atoms with Gasteiger partial charge in [-0.1, -0.05) is 48.4 Å². The number of rotatable bonds is 10. The molecule has 1 aliphatic rings. The van der Waals surface area contributed by atoms with Gasteiger partial charge in [-0.05, 0) is 62.5 Å². The second-order valence-corrected chi connectivity index (χ2v) is 10.6. The van der Waals surface area contributed by atoms with Gasteiger partial charge in [-0.2, -0.15) is 0 Å². The summed E-state index contributed by atoms with van der Waals surface area (Å²) in [5.74, 6) is -0.0601. The summed E-state index contributed by atoms with van der Waals surface area (Å²) < 4.78 is 25.8. The number of piperidine rings is 1. The normalized spacial score (nSPS) is 14.8. The molecule has 174 valence electrons. The molecule has 0 aromatic heterocycles. The molecular weight excluding hydrogens is 422 g/mol. The van der Waals surface area contributed by atoms with E-state index in [1.807, 2.05) is 25.1 Å². The van der Waals surface area contributed by atoms with E-state index in [9.17, 15) is 13.2 Å². The van der Waals surface area contributed by atoms with Crippen LogP contribution in [0, 0.1) is 6.92 Å².